The molecule has 1 fully saturated rings. The molecule has 1 N–H and O–H groups in total. The molecule has 21 heavy (non-hydrogen) atoms. The summed E-state index contributed by atoms with van der Waals surface area (Å²) in [5.41, 5.74) is 4.91. The number of hydrogen-bond donors (Lipinski definition) is 1. The monoisotopic (exact) mass is 279 g/mol. The third-order valence-corrected chi connectivity index (χ3v) is 4.87. The van der Waals surface area contributed by atoms with Gasteiger partial charge in [-0.1, -0.05) is 48.5 Å². The van der Waals surface area contributed by atoms with Gasteiger partial charge in [0.1, 0.15) is 0 Å². The zero-order valence-corrected chi connectivity index (χ0v) is 12.4. The second-order valence-electron chi connectivity index (χ2n) is 6.65. The molecule has 1 unspecified atom stereocenters. The topological polar surface area (TPSA) is 23.5 Å². The Balaban J connectivity index is 1.82. The van der Waals surface area contributed by atoms with Crippen LogP contribution in [0.4, 0.5) is 0 Å². The average Bonchev–Trinajstić information content (AvgIpc) is 2.81. The van der Waals surface area contributed by atoms with Gasteiger partial charge >= 0.3 is 0 Å². The van der Waals surface area contributed by atoms with Crippen molar-refractivity contribution in [2.24, 2.45) is 0 Å². The number of piperidine rings is 1. The average molecular weight is 279 g/mol. The lowest BCUT2D eigenvalue weighted by atomic mass is 9.92. The zero-order chi connectivity index (χ0) is 14.4. The predicted molar refractivity (Wildman–Crippen MR) is 85.2 cm³/mol. The van der Waals surface area contributed by atoms with Gasteiger partial charge in [0.25, 0.3) is 0 Å². The van der Waals surface area contributed by atoms with Crippen molar-refractivity contribution in [3.05, 3.63) is 59.7 Å². The quantitative estimate of drug-likeness (QED) is 0.862. The first kappa shape index (κ1) is 13.1. The summed E-state index contributed by atoms with van der Waals surface area (Å²) in [4.78, 5) is 2.45. The van der Waals surface area contributed by atoms with Gasteiger partial charge in [-0.25, -0.2) is 0 Å². The Morgan fingerprint density at radius 3 is 2.14 bits per heavy atom. The Kier molecular flexibility index (Phi) is 2.91. The van der Waals surface area contributed by atoms with Crippen LogP contribution in [0.2, 0.25) is 0 Å². The zero-order valence-electron chi connectivity index (χ0n) is 12.4. The molecule has 1 aliphatic carbocycles. The SMILES string of the molecule is CC1(O)CCCN(C2c3ccccc3-c3ccccc32)C1. The minimum atomic E-state index is -0.565. The highest BCUT2D eigenvalue weighted by atomic mass is 16.3. The molecule has 0 spiro atoms. The van der Waals surface area contributed by atoms with Crippen LogP contribution in [0.25, 0.3) is 11.1 Å². The molecule has 2 heteroatoms. The van der Waals surface area contributed by atoms with Crippen molar-refractivity contribution in [3.8, 4) is 11.1 Å². The van der Waals surface area contributed by atoms with E-state index in [0.717, 1.165) is 25.9 Å². The maximum Gasteiger partial charge on any atom is 0.0746 e. The van der Waals surface area contributed by atoms with Crippen LogP contribution in [-0.2, 0) is 0 Å². The molecule has 0 saturated carbocycles. The second-order valence-corrected chi connectivity index (χ2v) is 6.65. The van der Waals surface area contributed by atoms with E-state index in [4.69, 9.17) is 0 Å². The molecule has 2 aromatic carbocycles. The third-order valence-electron chi connectivity index (χ3n) is 4.87. The standard InChI is InChI=1S/C19H21NO/c1-19(21)11-6-12-20(13-19)18-16-9-4-2-7-14(16)15-8-3-5-10-17(15)18/h2-5,7-10,18,21H,6,11-13H2,1H3. The number of rotatable bonds is 1. The van der Waals surface area contributed by atoms with Crippen molar-refractivity contribution < 1.29 is 5.11 Å². The highest BCUT2D eigenvalue weighted by Crippen LogP contribution is 2.47. The fraction of sp³-hybridized carbons (Fsp3) is 0.368. The van der Waals surface area contributed by atoms with Crippen molar-refractivity contribution >= 4 is 0 Å². The van der Waals surface area contributed by atoms with Crippen LogP contribution < -0.4 is 0 Å². The summed E-state index contributed by atoms with van der Waals surface area (Å²) in [7, 11) is 0. The van der Waals surface area contributed by atoms with Crippen LogP contribution in [0.5, 0.6) is 0 Å². The van der Waals surface area contributed by atoms with Crippen molar-refractivity contribution in [2.45, 2.75) is 31.4 Å². The predicted octanol–water partition coefficient (Wildman–Crippen LogP) is 3.60. The number of fused-ring (bicyclic) bond motifs is 3. The maximum absolute atomic E-state index is 10.5. The van der Waals surface area contributed by atoms with E-state index in [2.05, 4.69) is 53.4 Å². The van der Waals surface area contributed by atoms with Crippen LogP contribution in [0.3, 0.4) is 0 Å². The summed E-state index contributed by atoms with van der Waals surface area (Å²) in [5, 5.41) is 10.5. The molecular formula is C19H21NO. The molecule has 0 bridgehead atoms. The number of nitrogens with zero attached hydrogens (tertiary/aromatic N) is 1. The minimum Gasteiger partial charge on any atom is -0.389 e. The Labute approximate surface area is 126 Å². The van der Waals surface area contributed by atoms with E-state index in [-0.39, 0.29) is 0 Å². The van der Waals surface area contributed by atoms with Crippen LogP contribution in [0.15, 0.2) is 48.5 Å². The lowest BCUT2D eigenvalue weighted by molar-refractivity contribution is -0.0246. The molecule has 1 atom stereocenters. The first-order valence-electron chi connectivity index (χ1n) is 7.80. The molecular weight excluding hydrogens is 258 g/mol. The molecule has 1 aliphatic heterocycles. The molecule has 108 valence electrons. The minimum absolute atomic E-state index is 0.296. The Morgan fingerprint density at radius 2 is 1.57 bits per heavy atom. The number of hydrogen-bond acceptors (Lipinski definition) is 2. The largest absolute Gasteiger partial charge is 0.389 e. The van der Waals surface area contributed by atoms with E-state index in [0.29, 0.717) is 6.04 Å². The lowest BCUT2D eigenvalue weighted by Gasteiger charge is -2.40. The van der Waals surface area contributed by atoms with E-state index in [1.807, 2.05) is 6.92 Å². The number of β-amino-alcohol motifs (C(OH)–C–C–N with tert-alkyl or cyclic N) is 1. The highest BCUT2D eigenvalue weighted by Gasteiger charge is 2.37. The van der Waals surface area contributed by atoms with E-state index < -0.39 is 5.60 Å². The van der Waals surface area contributed by atoms with Crippen LogP contribution >= 0.6 is 0 Å². The fourth-order valence-corrected chi connectivity index (χ4v) is 4.00. The van der Waals surface area contributed by atoms with E-state index in [1.54, 1.807) is 0 Å². The van der Waals surface area contributed by atoms with Gasteiger partial charge in [0.15, 0.2) is 0 Å². The van der Waals surface area contributed by atoms with Gasteiger partial charge in [-0.2, -0.15) is 0 Å². The lowest BCUT2D eigenvalue weighted by Crippen LogP contribution is -2.47. The number of likely N-dealkylation sites (tertiary alicyclic amines) is 1. The molecule has 2 nitrogen and oxygen atoms in total. The maximum atomic E-state index is 10.5. The van der Waals surface area contributed by atoms with Crippen LogP contribution in [-0.4, -0.2) is 28.7 Å². The Morgan fingerprint density at radius 1 is 1.00 bits per heavy atom. The highest BCUT2D eigenvalue weighted by molar-refractivity contribution is 5.78. The van der Waals surface area contributed by atoms with Gasteiger partial charge < -0.3 is 5.11 Å². The second kappa shape index (κ2) is 4.69. The fourth-order valence-electron chi connectivity index (χ4n) is 4.00. The molecule has 4 rings (SSSR count). The molecule has 0 radical (unpaired) electrons. The molecule has 2 aliphatic rings. The van der Waals surface area contributed by atoms with Gasteiger partial charge in [0.05, 0.1) is 11.6 Å². The Bertz CT molecular complexity index is 631. The molecule has 1 heterocycles. The first-order chi connectivity index (χ1) is 10.2. The number of aliphatic hydroxyl groups is 1. The summed E-state index contributed by atoms with van der Waals surface area (Å²) in [5.74, 6) is 0. The van der Waals surface area contributed by atoms with Crippen molar-refractivity contribution in [2.75, 3.05) is 13.1 Å². The van der Waals surface area contributed by atoms with Crippen LogP contribution in [0.1, 0.15) is 36.9 Å². The van der Waals surface area contributed by atoms with E-state index >= 15 is 0 Å². The van der Waals surface area contributed by atoms with Crippen molar-refractivity contribution in [3.63, 3.8) is 0 Å². The van der Waals surface area contributed by atoms with Gasteiger partial charge in [0, 0.05) is 6.54 Å². The Hall–Kier alpha value is -1.64. The molecule has 0 amide bonds. The number of benzene rings is 2. The van der Waals surface area contributed by atoms with Crippen molar-refractivity contribution in [1.82, 2.24) is 4.90 Å². The normalized spacial score (nSPS) is 25.6. The summed E-state index contributed by atoms with van der Waals surface area (Å²) in [6.45, 7) is 3.77. The summed E-state index contributed by atoms with van der Waals surface area (Å²) in [6, 6.07) is 17.7. The summed E-state index contributed by atoms with van der Waals surface area (Å²) < 4.78 is 0. The van der Waals surface area contributed by atoms with Crippen molar-refractivity contribution in [1.29, 1.82) is 0 Å². The summed E-state index contributed by atoms with van der Waals surface area (Å²) in [6.07, 6.45) is 1.97. The third kappa shape index (κ3) is 2.10. The van der Waals surface area contributed by atoms with Crippen LogP contribution in [0, 0.1) is 0 Å². The van der Waals surface area contributed by atoms with E-state index in [1.165, 1.54) is 22.3 Å². The molecule has 2 aromatic rings. The molecule has 1 saturated heterocycles. The smallest absolute Gasteiger partial charge is 0.0746 e. The van der Waals surface area contributed by atoms with Gasteiger partial charge in [-0.15, -0.1) is 0 Å². The summed E-state index contributed by atoms with van der Waals surface area (Å²) >= 11 is 0. The first-order valence-corrected chi connectivity index (χ1v) is 7.80. The van der Waals surface area contributed by atoms with Gasteiger partial charge in [-0.05, 0) is 48.6 Å². The van der Waals surface area contributed by atoms with Gasteiger partial charge in [-0.3, -0.25) is 4.90 Å². The van der Waals surface area contributed by atoms with E-state index in [9.17, 15) is 5.11 Å². The molecule has 0 aromatic heterocycles. The van der Waals surface area contributed by atoms with Gasteiger partial charge in [0.2, 0.25) is 0 Å².